The maximum absolute atomic E-state index is 6.23. The number of halogens is 2. The summed E-state index contributed by atoms with van der Waals surface area (Å²) in [6.45, 7) is 4.25. The molecule has 0 radical (unpaired) electrons. The third kappa shape index (κ3) is 4.06. The zero-order valence-corrected chi connectivity index (χ0v) is 14.7. The first kappa shape index (κ1) is 16.3. The van der Waals surface area contributed by atoms with Gasteiger partial charge in [-0.25, -0.2) is 4.98 Å². The largest absolute Gasteiger partial charge is 0.352 e. The Labute approximate surface area is 146 Å². The second kappa shape index (κ2) is 6.93. The van der Waals surface area contributed by atoms with E-state index in [1.54, 1.807) is 12.1 Å². The van der Waals surface area contributed by atoms with Gasteiger partial charge in [-0.1, -0.05) is 36.2 Å². The molecule has 1 fully saturated rings. The first-order valence-electron chi connectivity index (χ1n) is 7.93. The number of anilines is 3. The van der Waals surface area contributed by atoms with Gasteiger partial charge < -0.3 is 10.6 Å². The standard InChI is InChI=1S/C17H20Cl2N4/c1-3-10(2)20-17-21-14(11-7-8-11)9-15(23-17)22-16-12(18)5-4-6-13(16)19/h4-6,9-11H,3,7-8H2,1-2H3,(H2,20,21,22,23)/t10-/m0/s1. The van der Waals surface area contributed by atoms with Crippen molar-refractivity contribution < 1.29 is 0 Å². The fourth-order valence-electron chi connectivity index (χ4n) is 2.25. The summed E-state index contributed by atoms with van der Waals surface area (Å²) in [6, 6.07) is 7.73. The second-order valence-corrected chi connectivity index (χ2v) is 6.77. The molecule has 23 heavy (non-hydrogen) atoms. The molecule has 1 saturated carbocycles. The molecule has 2 aromatic rings. The lowest BCUT2D eigenvalue weighted by atomic mass is 10.2. The van der Waals surface area contributed by atoms with E-state index in [0.29, 0.717) is 39.5 Å². The van der Waals surface area contributed by atoms with Crippen molar-refractivity contribution in [1.82, 2.24) is 9.97 Å². The van der Waals surface area contributed by atoms with Crippen LogP contribution in [0.15, 0.2) is 24.3 Å². The first-order valence-corrected chi connectivity index (χ1v) is 8.69. The Morgan fingerprint density at radius 2 is 1.91 bits per heavy atom. The SMILES string of the molecule is CC[C@H](C)Nc1nc(Nc2c(Cl)cccc2Cl)cc(C2CC2)n1. The molecule has 0 spiro atoms. The average molecular weight is 351 g/mol. The fourth-order valence-corrected chi connectivity index (χ4v) is 2.74. The van der Waals surface area contributed by atoms with Crippen LogP contribution in [0.5, 0.6) is 0 Å². The van der Waals surface area contributed by atoms with Crippen molar-refractivity contribution in [3.8, 4) is 0 Å². The van der Waals surface area contributed by atoms with Gasteiger partial charge in [0.15, 0.2) is 0 Å². The molecule has 1 atom stereocenters. The van der Waals surface area contributed by atoms with Crippen LogP contribution in [-0.4, -0.2) is 16.0 Å². The Balaban J connectivity index is 1.91. The Morgan fingerprint density at radius 1 is 1.22 bits per heavy atom. The number of hydrogen-bond donors (Lipinski definition) is 2. The molecule has 0 saturated heterocycles. The molecular weight excluding hydrogens is 331 g/mol. The van der Waals surface area contributed by atoms with E-state index in [-0.39, 0.29) is 0 Å². The summed E-state index contributed by atoms with van der Waals surface area (Å²) >= 11 is 12.5. The van der Waals surface area contributed by atoms with Gasteiger partial charge in [0.1, 0.15) is 5.82 Å². The minimum atomic E-state index is 0.321. The van der Waals surface area contributed by atoms with Crippen LogP contribution in [0.3, 0.4) is 0 Å². The monoisotopic (exact) mass is 350 g/mol. The molecule has 2 N–H and O–H groups in total. The number of benzene rings is 1. The van der Waals surface area contributed by atoms with Crippen LogP contribution in [0.25, 0.3) is 0 Å². The van der Waals surface area contributed by atoms with Crippen LogP contribution >= 0.6 is 23.2 Å². The van der Waals surface area contributed by atoms with Crippen LogP contribution in [0.2, 0.25) is 10.0 Å². The van der Waals surface area contributed by atoms with Crippen LogP contribution in [-0.2, 0) is 0 Å². The molecule has 1 heterocycles. The predicted molar refractivity (Wildman–Crippen MR) is 97.1 cm³/mol. The van der Waals surface area contributed by atoms with Gasteiger partial charge in [0.25, 0.3) is 0 Å². The van der Waals surface area contributed by atoms with E-state index in [2.05, 4.69) is 34.4 Å². The molecule has 4 nitrogen and oxygen atoms in total. The van der Waals surface area contributed by atoms with Crippen molar-refractivity contribution in [2.45, 2.75) is 45.1 Å². The zero-order valence-electron chi connectivity index (χ0n) is 13.2. The molecule has 1 aliphatic rings. The van der Waals surface area contributed by atoms with Gasteiger partial charge >= 0.3 is 0 Å². The Kier molecular flexibility index (Phi) is 4.93. The van der Waals surface area contributed by atoms with E-state index < -0.39 is 0 Å². The highest BCUT2D eigenvalue weighted by Crippen LogP contribution is 2.40. The normalized spacial score (nSPS) is 15.3. The van der Waals surface area contributed by atoms with Gasteiger partial charge in [-0.05, 0) is 38.3 Å². The van der Waals surface area contributed by atoms with E-state index in [1.807, 2.05) is 12.1 Å². The molecule has 122 valence electrons. The molecule has 0 aliphatic heterocycles. The van der Waals surface area contributed by atoms with Crippen LogP contribution in [0, 0.1) is 0 Å². The minimum absolute atomic E-state index is 0.321. The number of para-hydroxylation sites is 1. The summed E-state index contributed by atoms with van der Waals surface area (Å²) < 4.78 is 0. The van der Waals surface area contributed by atoms with Crippen molar-refractivity contribution in [3.63, 3.8) is 0 Å². The molecule has 3 rings (SSSR count). The van der Waals surface area contributed by atoms with Gasteiger partial charge in [-0.3, -0.25) is 0 Å². The third-order valence-corrected chi connectivity index (χ3v) is 4.58. The van der Waals surface area contributed by atoms with Crippen LogP contribution in [0.1, 0.15) is 44.7 Å². The summed E-state index contributed by atoms with van der Waals surface area (Å²) in [4.78, 5) is 9.20. The summed E-state index contributed by atoms with van der Waals surface area (Å²) in [7, 11) is 0. The summed E-state index contributed by atoms with van der Waals surface area (Å²) in [5.74, 6) is 1.90. The molecule has 1 aliphatic carbocycles. The van der Waals surface area contributed by atoms with Gasteiger partial charge in [0, 0.05) is 18.0 Å². The minimum Gasteiger partial charge on any atom is -0.352 e. The van der Waals surface area contributed by atoms with Crippen molar-refractivity contribution in [3.05, 3.63) is 40.0 Å². The van der Waals surface area contributed by atoms with Crippen molar-refractivity contribution in [2.75, 3.05) is 10.6 Å². The number of hydrogen-bond acceptors (Lipinski definition) is 4. The summed E-state index contributed by atoms with van der Waals surface area (Å²) in [6.07, 6.45) is 3.38. The second-order valence-electron chi connectivity index (χ2n) is 5.95. The first-order chi connectivity index (χ1) is 11.1. The highest BCUT2D eigenvalue weighted by Gasteiger charge is 2.26. The molecule has 1 aromatic heterocycles. The third-order valence-electron chi connectivity index (χ3n) is 3.95. The van der Waals surface area contributed by atoms with E-state index in [0.717, 1.165) is 12.1 Å². The van der Waals surface area contributed by atoms with E-state index in [4.69, 9.17) is 23.2 Å². The maximum atomic E-state index is 6.23. The van der Waals surface area contributed by atoms with E-state index >= 15 is 0 Å². The van der Waals surface area contributed by atoms with Gasteiger partial charge in [-0.15, -0.1) is 0 Å². The van der Waals surface area contributed by atoms with E-state index in [9.17, 15) is 0 Å². The number of nitrogens with zero attached hydrogens (tertiary/aromatic N) is 2. The summed E-state index contributed by atoms with van der Waals surface area (Å²) in [5.41, 5.74) is 1.74. The molecule has 0 unspecified atom stereocenters. The number of aromatic nitrogens is 2. The number of rotatable bonds is 6. The lowest BCUT2D eigenvalue weighted by Crippen LogP contribution is -2.16. The predicted octanol–water partition coefficient (Wildman–Crippen LogP) is 5.61. The van der Waals surface area contributed by atoms with E-state index in [1.165, 1.54) is 12.8 Å². The number of nitrogens with one attached hydrogen (secondary N) is 2. The van der Waals surface area contributed by atoms with Crippen LogP contribution in [0.4, 0.5) is 17.5 Å². The smallest absolute Gasteiger partial charge is 0.225 e. The topological polar surface area (TPSA) is 49.8 Å². The Morgan fingerprint density at radius 3 is 2.52 bits per heavy atom. The van der Waals surface area contributed by atoms with Crippen LogP contribution < -0.4 is 10.6 Å². The zero-order chi connectivity index (χ0) is 16.4. The highest BCUT2D eigenvalue weighted by atomic mass is 35.5. The molecule has 0 bridgehead atoms. The average Bonchev–Trinajstić information content (AvgIpc) is 3.35. The molecule has 6 heteroatoms. The van der Waals surface area contributed by atoms with Gasteiger partial charge in [-0.2, -0.15) is 4.98 Å². The Bertz CT molecular complexity index is 681. The fraction of sp³-hybridized carbons (Fsp3) is 0.412. The van der Waals surface area contributed by atoms with Crippen molar-refractivity contribution in [1.29, 1.82) is 0 Å². The van der Waals surface area contributed by atoms with Crippen molar-refractivity contribution >= 4 is 40.7 Å². The lowest BCUT2D eigenvalue weighted by molar-refractivity contribution is 0.750. The summed E-state index contributed by atoms with van der Waals surface area (Å²) in [5, 5.41) is 7.72. The molecular formula is C17H20Cl2N4. The highest BCUT2D eigenvalue weighted by molar-refractivity contribution is 6.39. The van der Waals surface area contributed by atoms with Crippen molar-refractivity contribution in [2.24, 2.45) is 0 Å². The lowest BCUT2D eigenvalue weighted by Gasteiger charge is -2.15. The Hall–Kier alpha value is -1.52. The quantitative estimate of drug-likeness (QED) is 0.710. The molecule has 1 aromatic carbocycles. The molecule has 0 amide bonds. The van der Waals surface area contributed by atoms with Gasteiger partial charge in [0.05, 0.1) is 21.4 Å². The maximum Gasteiger partial charge on any atom is 0.225 e. The van der Waals surface area contributed by atoms with Gasteiger partial charge in [0.2, 0.25) is 5.95 Å².